The Kier molecular flexibility index (Phi) is 7.24. The Morgan fingerprint density at radius 1 is 1.03 bits per heavy atom. The second kappa shape index (κ2) is 10.5. The molecule has 2 fully saturated rings. The molecular weight excluding hydrogens is 450 g/mol. The summed E-state index contributed by atoms with van der Waals surface area (Å²) in [5.41, 5.74) is 1.53. The molecule has 33 heavy (non-hydrogen) atoms. The van der Waals surface area contributed by atoms with E-state index in [1.54, 1.807) is 23.5 Å². The molecule has 3 aromatic rings. The molecule has 2 heterocycles. The van der Waals surface area contributed by atoms with Crippen LogP contribution >= 0.6 is 23.1 Å². The number of hydrogen-bond donors (Lipinski definition) is 1. The van der Waals surface area contributed by atoms with E-state index in [-0.39, 0.29) is 11.5 Å². The van der Waals surface area contributed by atoms with E-state index in [1.165, 1.54) is 35.6 Å². The Hall–Kier alpha value is -2.02. The van der Waals surface area contributed by atoms with Crippen molar-refractivity contribution in [1.82, 2.24) is 4.90 Å². The van der Waals surface area contributed by atoms with Crippen LogP contribution in [0.2, 0.25) is 0 Å². The van der Waals surface area contributed by atoms with Crippen LogP contribution in [-0.2, 0) is 0 Å². The van der Waals surface area contributed by atoms with Crippen molar-refractivity contribution in [1.29, 1.82) is 0 Å². The summed E-state index contributed by atoms with van der Waals surface area (Å²) in [6.45, 7) is 3.89. The lowest BCUT2D eigenvalue weighted by atomic mass is 9.85. The summed E-state index contributed by atoms with van der Waals surface area (Å²) < 4.78 is 6.95. The fourth-order valence-electron chi connectivity index (χ4n) is 4.95. The zero-order valence-electron chi connectivity index (χ0n) is 18.9. The van der Waals surface area contributed by atoms with Crippen molar-refractivity contribution in [2.75, 3.05) is 37.7 Å². The summed E-state index contributed by atoms with van der Waals surface area (Å²) in [5, 5.41) is 10.9. The summed E-state index contributed by atoms with van der Waals surface area (Å²) in [5.74, 6) is 3.98. The number of fused-ring (bicyclic) bond motifs is 1. The lowest BCUT2D eigenvalue weighted by Gasteiger charge is -2.25. The van der Waals surface area contributed by atoms with E-state index in [0.717, 1.165) is 53.9 Å². The molecular formula is C27H31NO3S2. The van der Waals surface area contributed by atoms with Crippen molar-refractivity contribution in [3.8, 4) is 11.5 Å². The lowest BCUT2D eigenvalue weighted by molar-refractivity contribution is 0.103. The summed E-state index contributed by atoms with van der Waals surface area (Å²) in [6.07, 6.45) is 6.01. The highest BCUT2D eigenvalue weighted by Gasteiger charge is 2.27. The largest absolute Gasteiger partial charge is 0.508 e. The van der Waals surface area contributed by atoms with Crippen molar-refractivity contribution in [2.45, 2.75) is 38.0 Å². The molecule has 6 heteroatoms. The van der Waals surface area contributed by atoms with Crippen LogP contribution in [0.4, 0.5) is 0 Å². The number of ketones is 1. The van der Waals surface area contributed by atoms with E-state index in [1.807, 2.05) is 42.1 Å². The minimum Gasteiger partial charge on any atom is -0.508 e. The van der Waals surface area contributed by atoms with E-state index >= 15 is 0 Å². The molecule has 1 aromatic heterocycles. The Balaban J connectivity index is 1.34. The third-order valence-electron chi connectivity index (χ3n) is 6.80. The van der Waals surface area contributed by atoms with Gasteiger partial charge in [0.1, 0.15) is 18.1 Å². The fourth-order valence-corrected chi connectivity index (χ4v) is 7.34. The maximum atomic E-state index is 13.7. The molecule has 1 saturated heterocycles. The van der Waals surface area contributed by atoms with Gasteiger partial charge in [0.05, 0.1) is 0 Å². The molecule has 4 nitrogen and oxygen atoms in total. The van der Waals surface area contributed by atoms with Crippen molar-refractivity contribution < 1.29 is 14.6 Å². The molecule has 2 aromatic carbocycles. The number of rotatable bonds is 7. The SMILES string of the molecule is O=C(c1ccc(OCCN2CCSCC2)cc1)c1c(C2CCCCC2)sc2cc(O)ccc12. The number of phenols is 1. The number of ether oxygens (including phenoxy) is 1. The molecule has 0 atom stereocenters. The van der Waals surface area contributed by atoms with Gasteiger partial charge in [-0.05, 0) is 61.2 Å². The molecule has 0 unspecified atom stereocenters. The number of benzene rings is 2. The van der Waals surface area contributed by atoms with Crippen molar-refractivity contribution >= 4 is 39.0 Å². The lowest BCUT2D eigenvalue weighted by Crippen LogP contribution is -2.35. The van der Waals surface area contributed by atoms with Crippen LogP contribution in [0.3, 0.4) is 0 Å². The van der Waals surface area contributed by atoms with E-state index in [0.29, 0.717) is 18.1 Å². The molecule has 1 N–H and O–H groups in total. The Morgan fingerprint density at radius 3 is 2.55 bits per heavy atom. The topological polar surface area (TPSA) is 49.8 Å². The van der Waals surface area contributed by atoms with E-state index in [9.17, 15) is 9.90 Å². The van der Waals surface area contributed by atoms with Gasteiger partial charge in [0, 0.05) is 57.2 Å². The monoisotopic (exact) mass is 481 g/mol. The van der Waals surface area contributed by atoms with Gasteiger partial charge in [-0.3, -0.25) is 9.69 Å². The zero-order chi connectivity index (χ0) is 22.6. The van der Waals surface area contributed by atoms with Gasteiger partial charge in [-0.15, -0.1) is 11.3 Å². The van der Waals surface area contributed by atoms with Crippen LogP contribution in [-0.4, -0.2) is 53.5 Å². The van der Waals surface area contributed by atoms with E-state index in [2.05, 4.69) is 4.90 Å². The maximum absolute atomic E-state index is 13.7. The van der Waals surface area contributed by atoms with Gasteiger partial charge in [-0.2, -0.15) is 11.8 Å². The van der Waals surface area contributed by atoms with E-state index in [4.69, 9.17) is 4.74 Å². The van der Waals surface area contributed by atoms with Gasteiger partial charge in [0.15, 0.2) is 5.78 Å². The Labute approximate surface area is 203 Å². The smallest absolute Gasteiger partial charge is 0.194 e. The third-order valence-corrected chi connectivity index (χ3v) is 9.06. The first-order chi connectivity index (χ1) is 16.2. The van der Waals surface area contributed by atoms with E-state index < -0.39 is 0 Å². The first kappa shape index (κ1) is 22.8. The number of thiophene rings is 1. The molecule has 1 aliphatic heterocycles. The second-order valence-corrected chi connectivity index (χ2v) is 11.3. The summed E-state index contributed by atoms with van der Waals surface area (Å²) in [7, 11) is 0. The Morgan fingerprint density at radius 2 is 1.79 bits per heavy atom. The number of nitrogens with zero attached hydrogens (tertiary/aromatic N) is 1. The number of carbonyl (C=O) groups excluding carboxylic acids is 1. The maximum Gasteiger partial charge on any atom is 0.194 e. The van der Waals surface area contributed by atoms with Crippen LogP contribution in [0.15, 0.2) is 42.5 Å². The van der Waals surface area contributed by atoms with Crippen LogP contribution in [0.25, 0.3) is 10.1 Å². The van der Waals surface area contributed by atoms with Gasteiger partial charge in [-0.1, -0.05) is 19.3 Å². The first-order valence-corrected chi connectivity index (χ1v) is 14.0. The third kappa shape index (κ3) is 5.23. The first-order valence-electron chi connectivity index (χ1n) is 12.0. The quantitative estimate of drug-likeness (QED) is 0.401. The molecule has 0 radical (unpaired) electrons. The highest BCUT2D eigenvalue weighted by Crippen LogP contribution is 2.44. The summed E-state index contributed by atoms with van der Waals surface area (Å²) >= 11 is 3.70. The minimum absolute atomic E-state index is 0.0740. The molecule has 0 amide bonds. The number of thioether (sulfide) groups is 1. The molecule has 5 rings (SSSR count). The minimum atomic E-state index is 0.0740. The average Bonchev–Trinajstić information content (AvgIpc) is 3.24. The molecule has 0 spiro atoms. The van der Waals surface area contributed by atoms with Crippen molar-refractivity contribution in [2.24, 2.45) is 0 Å². The number of phenolic OH excluding ortho intramolecular Hbond substituents is 1. The Bertz CT molecular complexity index is 1100. The molecule has 1 saturated carbocycles. The van der Waals surface area contributed by atoms with Crippen LogP contribution in [0.5, 0.6) is 11.5 Å². The molecule has 0 bridgehead atoms. The number of aromatic hydroxyl groups is 1. The zero-order valence-corrected chi connectivity index (χ0v) is 20.6. The van der Waals surface area contributed by atoms with Crippen LogP contribution in [0.1, 0.15) is 58.8 Å². The summed E-state index contributed by atoms with van der Waals surface area (Å²) in [6, 6.07) is 13.0. The van der Waals surface area contributed by atoms with Crippen LogP contribution < -0.4 is 4.74 Å². The van der Waals surface area contributed by atoms with Gasteiger partial charge >= 0.3 is 0 Å². The molecule has 2 aliphatic rings. The van der Waals surface area contributed by atoms with Crippen LogP contribution in [0, 0.1) is 0 Å². The number of carbonyl (C=O) groups is 1. The standard InChI is InChI=1S/C27H31NO3S2/c29-21-8-11-23-24(18-21)33-27(20-4-2-1-3-5-20)25(23)26(30)19-6-9-22(10-7-19)31-15-12-28-13-16-32-17-14-28/h6-11,18,20,29H,1-5,12-17H2. The van der Waals surface area contributed by atoms with Gasteiger partial charge < -0.3 is 9.84 Å². The molecule has 1 aliphatic carbocycles. The average molecular weight is 482 g/mol. The normalized spacial score (nSPS) is 17.9. The van der Waals surface area contributed by atoms with Gasteiger partial charge in [0.2, 0.25) is 0 Å². The molecule has 174 valence electrons. The highest BCUT2D eigenvalue weighted by molar-refractivity contribution is 7.99. The van der Waals surface area contributed by atoms with Gasteiger partial charge in [0.25, 0.3) is 0 Å². The predicted molar refractivity (Wildman–Crippen MR) is 138 cm³/mol. The highest BCUT2D eigenvalue weighted by atomic mass is 32.2. The van der Waals surface area contributed by atoms with Crippen molar-refractivity contribution in [3.63, 3.8) is 0 Å². The predicted octanol–water partition coefficient (Wildman–Crippen LogP) is 6.31. The van der Waals surface area contributed by atoms with Crippen molar-refractivity contribution in [3.05, 3.63) is 58.5 Å². The van der Waals surface area contributed by atoms with Gasteiger partial charge in [-0.25, -0.2) is 0 Å². The number of hydrogen-bond acceptors (Lipinski definition) is 6. The second-order valence-electron chi connectivity index (χ2n) is 9.01. The fraction of sp³-hybridized carbons (Fsp3) is 0.444. The summed E-state index contributed by atoms with van der Waals surface area (Å²) in [4.78, 5) is 17.3.